The molecular formula is C27H27F2N3S. The van der Waals surface area contributed by atoms with Crippen molar-refractivity contribution in [1.82, 2.24) is 9.88 Å². The number of piperazine rings is 1. The summed E-state index contributed by atoms with van der Waals surface area (Å²) in [6.07, 6.45) is 6.46. The number of rotatable bonds is 3. The maximum absolute atomic E-state index is 14.2. The van der Waals surface area contributed by atoms with Gasteiger partial charge < -0.3 is 4.90 Å². The molecule has 0 spiro atoms. The van der Waals surface area contributed by atoms with E-state index in [1.807, 2.05) is 18.2 Å². The van der Waals surface area contributed by atoms with Crippen molar-refractivity contribution in [2.24, 2.45) is 0 Å². The molecule has 0 N–H and O–H groups in total. The first-order valence-electron chi connectivity index (χ1n) is 11.9. The number of hydrogen-bond acceptors (Lipinski definition) is 4. The van der Waals surface area contributed by atoms with Gasteiger partial charge in [-0.15, -0.1) is 11.3 Å². The quantitative estimate of drug-likeness (QED) is 0.342. The third kappa shape index (κ3) is 4.00. The van der Waals surface area contributed by atoms with Gasteiger partial charge in [0.2, 0.25) is 0 Å². The molecule has 2 aromatic carbocycles. The zero-order valence-corrected chi connectivity index (χ0v) is 19.3. The van der Waals surface area contributed by atoms with Gasteiger partial charge in [0.05, 0.1) is 11.2 Å². The van der Waals surface area contributed by atoms with E-state index in [2.05, 4.69) is 20.2 Å². The number of pyridine rings is 1. The molecule has 4 aromatic rings. The van der Waals surface area contributed by atoms with Crippen LogP contribution >= 0.6 is 11.3 Å². The Morgan fingerprint density at radius 1 is 0.879 bits per heavy atom. The van der Waals surface area contributed by atoms with Crippen molar-refractivity contribution >= 4 is 38.0 Å². The SMILES string of the molecule is Fc1cc(N2CCN(C3CCC(c4csc5ccc(F)cc45)CC3)CC2)c2ncccc2c1. The number of anilines is 1. The summed E-state index contributed by atoms with van der Waals surface area (Å²) in [5.74, 6) is 0.185. The number of fused-ring (bicyclic) bond motifs is 2. The molecule has 1 aliphatic heterocycles. The van der Waals surface area contributed by atoms with Crippen molar-refractivity contribution in [3.05, 3.63) is 71.2 Å². The van der Waals surface area contributed by atoms with Gasteiger partial charge >= 0.3 is 0 Å². The van der Waals surface area contributed by atoms with E-state index in [-0.39, 0.29) is 11.6 Å². The van der Waals surface area contributed by atoms with Gasteiger partial charge in [-0.2, -0.15) is 0 Å². The lowest BCUT2D eigenvalue weighted by atomic mass is 9.81. The Morgan fingerprint density at radius 3 is 2.52 bits per heavy atom. The van der Waals surface area contributed by atoms with E-state index < -0.39 is 0 Å². The van der Waals surface area contributed by atoms with Crippen molar-refractivity contribution in [3.8, 4) is 0 Å². The van der Waals surface area contributed by atoms with E-state index in [1.165, 1.54) is 23.1 Å². The van der Waals surface area contributed by atoms with E-state index in [1.54, 1.807) is 41.8 Å². The second kappa shape index (κ2) is 8.65. The Labute approximate surface area is 196 Å². The number of halogens is 2. The molecule has 3 nitrogen and oxygen atoms in total. The average molecular weight is 464 g/mol. The number of aromatic nitrogens is 1. The Hall–Kier alpha value is -2.57. The molecule has 170 valence electrons. The Bertz CT molecular complexity index is 1290. The zero-order chi connectivity index (χ0) is 22.4. The highest BCUT2D eigenvalue weighted by molar-refractivity contribution is 7.17. The van der Waals surface area contributed by atoms with Gasteiger partial charge in [0.15, 0.2) is 0 Å². The van der Waals surface area contributed by atoms with E-state index in [0.29, 0.717) is 12.0 Å². The predicted molar refractivity (Wildman–Crippen MR) is 132 cm³/mol. The predicted octanol–water partition coefficient (Wildman–Crippen LogP) is 6.58. The Kier molecular flexibility index (Phi) is 5.51. The largest absolute Gasteiger partial charge is 0.367 e. The van der Waals surface area contributed by atoms with Gasteiger partial charge in [-0.05, 0) is 84.3 Å². The van der Waals surface area contributed by atoms with Crippen LogP contribution in [0, 0.1) is 11.6 Å². The highest BCUT2D eigenvalue weighted by Crippen LogP contribution is 2.41. The van der Waals surface area contributed by atoms with Gasteiger partial charge in [-0.1, -0.05) is 6.07 Å². The van der Waals surface area contributed by atoms with Crippen molar-refractivity contribution in [3.63, 3.8) is 0 Å². The lowest BCUT2D eigenvalue weighted by molar-refractivity contribution is 0.141. The second-order valence-electron chi connectivity index (χ2n) is 9.36. The van der Waals surface area contributed by atoms with Crippen LogP contribution in [-0.4, -0.2) is 42.1 Å². The Morgan fingerprint density at radius 2 is 1.70 bits per heavy atom. The lowest BCUT2D eigenvalue weighted by Gasteiger charge is -2.42. The van der Waals surface area contributed by atoms with Gasteiger partial charge in [0, 0.05) is 48.5 Å². The van der Waals surface area contributed by atoms with Crippen LogP contribution in [0.5, 0.6) is 0 Å². The van der Waals surface area contributed by atoms with Crippen LogP contribution in [0.25, 0.3) is 21.0 Å². The summed E-state index contributed by atoms with van der Waals surface area (Å²) in [5, 5.41) is 4.20. The molecule has 0 unspecified atom stereocenters. The molecule has 33 heavy (non-hydrogen) atoms. The van der Waals surface area contributed by atoms with E-state index in [4.69, 9.17) is 0 Å². The molecule has 2 fully saturated rings. The van der Waals surface area contributed by atoms with Crippen LogP contribution < -0.4 is 4.90 Å². The molecule has 3 heterocycles. The smallest absolute Gasteiger partial charge is 0.126 e. The third-order valence-electron chi connectivity index (χ3n) is 7.52. The molecule has 0 amide bonds. The highest BCUT2D eigenvalue weighted by atomic mass is 32.1. The van der Waals surface area contributed by atoms with Crippen molar-refractivity contribution < 1.29 is 8.78 Å². The molecule has 1 aliphatic carbocycles. The van der Waals surface area contributed by atoms with E-state index in [9.17, 15) is 8.78 Å². The monoisotopic (exact) mass is 463 g/mol. The Balaban J connectivity index is 1.10. The summed E-state index contributed by atoms with van der Waals surface area (Å²) in [7, 11) is 0. The minimum atomic E-state index is -0.202. The van der Waals surface area contributed by atoms with Gasteiger partial charge in [0.1, 0.15) is 11.6 Å². The minimum Gasteiger partial charge on any atom is -0.367 e. The number of benzene rings is 2. The summed E-state index contributed by atoms with van der Waals surface area (Å²) in [6, 6.07) is 12.7. The van der Waals surface area contributed by atoms with Crippen LogP contribution in [0.4, 0.5) is 14.5 Å². The normalized spacial score (nSPS) is 22.3. The molecule has 0 bridgehead atoms. The topological polar surface area (TPSA) is 19.4 Å². The summed E-state index contributed by atoms with van der Waals surface area (Å²) in [5.41, 5.74) is 3.13. The fourth-order valence-corrected chi connectivity index (χ4v) is 6.82. The molecule has 6 rings (SSSR count). The molecule has 2 aliphatic rings. The summed E-state index contributed by atoms with van der Waals surface area (Å²) in [6.45, 7) is 3.77. The molecular weight excluding hydrogens is 436 g/mol. The van der Waals surface area contributed by atoms with Crippen LogP contribution in [0.2, 0.25) is 0 Å². The molecule has 0 radical (unpaired) electrons. The van der Waals surface area contributed by atoms with Gasteiger partial charge in [-0.3, -0.25) is 9.88 Å². The van der Waals surface area contributed by atoms with Crippen LogP contribution in [-0.2, 0) is 0 Å². The van der Waals surface area contributed by atoms with Gasteiger partial charge in [-0.25, -0.2) is 8.78 Å². The molecule has 1 saturated heterocycles. The number of nitrogens with zero attached hydrogens (tertiary/aromatic N) is 3. The van der Waals surface area contributed by atoms with Crippen LogP contribution in [0.3, 0.4) is 0 Å². The summed E-state index contributed by atoms with van der Waals surface area (Å²) >= 11 is 1.73. The van der Waals surface area contributed by atoms with E-state index in [0.717, 1.165) is 61.0 Å². The number of hydrogen-bond donors (Lipinski definition) is 0. The average Bonchev–Trinajstić information content (AvgIpc) is 3.27. The first-order chi connectivity index (χ1) is 16.2. The highest BCUT2D eigenvalue weighted by Gasteiger charge is 2.30. The van der Waals surface area contributed by atoms with Crippen molar-refractivity contribution in [1.29, 1.82) is 0 Å². The summed E-state index contributed by atoms with van der Waals surface area (Å²) < 4.78 is 29.2. The lowest BCUT2D eigenvalue weighted by Crippen LogP contribution is -2.51. The molecule has 2 aromatic heterocycles. The fourth-order valence-electron chi connectivity index (χ4n) is 5.80. The zero-order valence-electron chi connectivity index (χ0n) is 18.5. The van der Waals surface area contributed by atoms with Crippen molar-refractivity contribution in [2.45, 2.75) is 37.6 Å². The number of thiophene rings is 1. The maximum atomic E-state index is 14.2. The first-order valence-corrected chi connectivity index (χ1v) is 12.7. The standard InChI is InChI=1S/C27H27F2N3S/c28-20-5-8-26-23(15-20)24(17-33-26)18-3-6-22(7-4-18)31-10-12-32(13-11-31)25-16-21(29)14-19-2-1-9-30-27(19)25/h1-2,5,8-9,14-18,22H,3-4,6-7,10-13H2. The molecule has 0 atom stereocenters. The second-order valence-corrected chi connectivity index (χ2v) is 10.3. The fraction of sp³-hybridized carbons (Fsp3) is 0.370. The minimum absolute atomic E-state index is 0.144. The maximum Gasteiger partial charge on any atom is 0.126 e. The third-order valence-corrected chi connectivity index (χ3v) is 8.50. The van der Waals surface area contributed by atoms with Crippen molar-refractivity contribution in [2.75, 3.05) is 31.1 Å². The molecule has 6 heteroatoms. The van der Waals surface area contributed by atoms with Crippen LogP contribution in [0.15, 0.2) is 54.0 Å². The first kappa shape index (κ1) is 21.0. The van der Waals surface area contributed by atoms with Crippen LogP contribution in [0.1, 0.15) is 37.2 Å². The summed E-state index contributed by atoms with van der Waals surface area (Å²) in [4.78, 5) is 9.42. The van der Waals surface area contributed by atoms with E-state index >= 15 is 0 Å². The molecule has 1 saturated carbocycles. The van der Waals surface area contributed by atoms with Gasteiger partial charge in [0.25, 0.3) is 0 Å².